The normalized spacial score (nSPS) is 11.1. The van der Waals surface area contributed by atoms with Gasteiger partial charge in [0.25, 0.3) is 5.91 Å². The first-order valence-corrected chi connectivity index (χ1v) is 8.99. The number of carbonyl (C=O) groups is 2. The minimum absolute atomic E-state index is 0.213. The van der Waals surface area contributed by atoms with Gasteiger partial charge in [0.2, 0.25) is 0 Å². The van der Waals surface area contributed by atoms with E-state index in [2.05, 4.69) is 10.5 Å². The van der Waals surface area contributed by atoms with Crippen LogP contribution in [0.15, 0.2) is 70.2 Å². The van der Waals surface area contributed by atoms with Crippen LogP contribution in [0.3, 0.4) is 0 Å². The summed E-state index contributed by atoms with van der Waals surface area (Å²) >= 11 is 0. The highest BCUT2D eigenvalue weighted by atomic mass is 16.5. The largest absolute Gasteiger partial charge is 0.542 e. The number of nitrogens with zero attached hydrogens (tertiary/aromatic N) is 1. The Balaban J connectivity index is 1.58. The molecule has 0 fully saturated rings. The maximum absolute atomic E-state index is 12.0. The lowest BCUT2D eigenvalue weighted by Crippen LogP contribution is -2.25. The molecule has 8 nitrogen and oxygen atoms in total. The molecule has 0 unspecified atom stereocenters. The molecule has 2 aromatic carbocycles. The summed E-state index contributed by atoms with van der Waals surface area (Å²) in [5.74, 6) is -0.602. The number of furan rings is 1. The van der Waals surface area contributed by atoms with Crippen molar-refractivity contribution in [1.29, 1.82) is 0 Å². The molecule has 3 aromatic rings. The smallest absolute Gasteiger partial charge is 0.277 e. The highest BCUT2D eigenvalue weighted by molar-refractivity contribution is 5.99. The molecule has 8 heteroatoms. The highest BCUT2D eigenvalue weighted by Crippen LogP contribution is 2.25. The molecule has 1 amide bonds. The number of amides is 1. The van der Waals surface area contributed by atoms with Crippen LogP contribution >= 0.6 is 0 Å². The van der Waals surface area contributed by atoms with E-state index in [0.717, 1.165) is 5.56 Å². The third kappa shape index (κ3) is 5.05. The SMILES string of the molecule is COc1ccccc1OCC(=O)N/N=C(/C)c1ccc(-c2ccc(C(=O)[O-])o2)cc1. The van der Waals surface area contributed by atoms with Crippen molar-refractivity contribution in [3.63, 3.8) is 0 Å². The lowest BCUT2D eigenvalue weighted by Gasteiger charge is -2.09. The molecular weight excluding hydrogens is 388 g/mol. The van der Waals surface area contributed by atoms with Crippen LogP contribution < -0.4 is 20.0 Å². The zero-order valence-electron chi connectivity index (χ0n) is 16.4. The summed E-state index contributed by atoms with van der Waals surface area (Å²) in [7, 11) is 1.52. The maximum atomic E-state index is 12.0. The van der Waals surface area contributed by atoms with Crippen LogP contribution in [-0.2, 0) is 4.79 Å². The van der Waals surface area contributed by atoms with E-state index in [0.29, 0.717) is 28.5 Å². The average molecular weight is 407 g/mol. The molecule has 0 spiro atoms. The summed E-state index contributed by atoms with van der Waals surface area (Å²) < 4.78 is 15.8. The lowest BCUT2D eigenvalue weighted by atomic mass is 10.1. The number of ether oxygens (including phenoxy) is 2. The molecule has 0 atom stereocenters. The quantitative estimate of drug-likeness (QED) is 0.453. The molecule has 0 aliphatic rings. The van der Waals surface area contributed by atoms with Gasteiger partial charge in [-0.15, -0.1) is 0 Å². The van der Waals surface area contributed by atoms with Gasteiger partial charge < -0.3 is 23.8 Å². The van der Waals surface area contributed by atoms with E-state index in [1.54, 1.807) is 61.5 Å². The van der Waals surface area contributed by atoms with Gasteiger partial charge >= 0.3 is 0 Å². The van der Waals surface area contributed by atoms with Gasteiger partial charge in [-0.25, -0.2) is 5.43 Å². The van der Waals surface area contributed by atoms with Crippen molar-refractivity contribution < 1.29 is 28.6 Å². The number of hydrogen-bond acceptors (Lipinski definition) is 7. The summed E-state index contributed by atoms with van der Waals surface area (Å²) in [4.78, 5) is 22.8. The van der Waals surface area contributed by atoms with E-state index < -0.39 is 11.9 Å². The second kappa shape index (κ2) is 9.42. The van der Waals surface area contributed by atoms with Crippen LogP contribution in [0.2, 0.25) is 0 Å². The van der Waals surface area contributed by atoms with E-state index >= 15 is 0 Å². The molecule has 3 rings (SSSR count). The molecule has 1 N–H and O–H groups in total. The van der Waals surface area contributed by atoms with Crippen LogP contribution in [0, 0.1) is 0 Å². The van der Waals surface area contributed by atoms with E-state index in [1.807, 2.05) is 0 Å². The number of carbonyl (C=O) groups excluding carboxylic acids is 2. The van der Waals surface area contributed by atoms with Gasteiger partial charge in [0.15, 0.2) is 18.1 Å². The van der Waals surface area contributed by atoms with Gasteiger partial charge in [0.05, 0.1) is 12.8 Å². The number of nitrogens with one attached hydrogen (secondary N) is 1. The Morgan fingerprint density at radius 1 is 1.03 bits per heavy atom. The first kappa shape index (κ1) is 20.7. The van der Waals surface area contributed by atoms with Crippen molar-refractivity contribution in [3.8, 4) is 22.8 Å². The summed E-state index contributed by atoms with van der Waals surface area (Å²) in [6, 6.07) is 17.0. The van der Waals surface area contributed by atoms with E-state index in [9.17, 15) is 14.7 Å². The molecule has 0 radical (unpaired) electrons. The Hall–Kier alpha value is -4.07. The number of hydrogen-bond donors (Lipinski definition) is 1. The summed E-state index contributed by atoms with van der Waals surface area (Å²) in [5.41, 5.74) is 4.51. The van der Waals surface area contributed by atoms with Gasteiger partial charge in [-0.1, -0.05) is 36.4 Å². The Labute approximate surface area is 172 Å². The fraction of sp³-hybridized carbons (Fsp3) is 0.136. The molecule has 154 valence electrons. The zero-order chi connectivity index (χ0) is 21.5. The fourth-order valence-electron chi connectivity index (χ4n) is 2.60. The number of para-hydroxylation sites is 2. The van der Waals surface area contributed by atoms with E-state index in [1.165, 1.54) is 13.2 Å². The fourth-order valence-corrected chi connectivity index (χ4v) is 2.60. The number of carboxylic acid groups (broad SMARTS) is 1. The van der Waals surface area contributed by atoms with E-state index in [-0.39, 0.29) is 12.4 Å². The minimum Gasteiger partial charge on any atom is -0.542 e. The minimum atomic E-state index is -1.37. The van der Waals surface area contributed by atoms with Crippen molar-refractivity contribution in [2.24, 2.45) is 5.10 Å². The molecule has 0 bridgehead atoms. The first-order valence-electron chi connectivity index (χ1n) is 8.99. The predicted octanol–water partition coefficient (Wildman–Crippen LogP) is 2.24. The first-order chi connectivity index (χ1) is 14.5. The van der Waals surface area contributed by atoms with Gasteiger partial charge in [0.1, 0.15) is 17.5 Å². The Kier molecular flexibility index (Phi) is 6.49. The van der Waals surface area contributed by atoms with Crippen molar-refractivity contribution in [2.75, 3.05) is 13.7 Å². The number of carboxylic acids is 1. The number of benzene rings is 2. The number of methoxy groups -OCH3 is 1. The molecule has 0 aliphatic carbocycles. The molecule has 1 heterocycles. The highest BCUT2D eigenvalue weighted by Gasteiger charge is 2.08. The Morgan fingerprint density at radius 3 is 2.37 bits per heavy atom. The molecule has 0 saturated heterocycles. The second-order valence-corrected chi connectivity index (χ2v) is 6.20. The Morgan fingerprint density at radius 2 is 1.73 bits per heavy atom. The predicted molar refractivity (Wildman–Crippen MR) is 107 cm³/mol. The van der Waals surface area contributed by atoms with Gasteiger partial charge in [-0.2, -0.15) is 5.10 Å². The summed E-state index contributed by atoms with van der Waals surface area (Å²) in [6.07, 6.45) is 0. The summed E-state index contributed by atoms with van der Waals surface area (Å²) in [6.45, 7) is 1.53. The standard InChI is InChI=1S/C22H20N2O6/c1-14(23-24-21(25)13-29-19-6-4-3-5-18(19)28-2)15-7-9-16(10-8-15)17-11-12-20(30-17)22(26)27/h3-12H,13H2,1-2H3,(H,24,25)(H,26,27)/p-1/b23-14-. The third-order valence-electron chi connectivity index (χ3n) is 4.17. The number of rotatable bonds is 8. The molecule has 30 heavy (non-hydrogen) atoms. The van der Waals surface area contributed by atoms with Crippen LogP contribution in [0.1, 0.15) is 23.0 Å². The second-order valence-electron chi connectivity index (χ2n) is 6.20. The number of hydrazone groups is 1. The summed E-state index contributed by atoms with van der Waals surface area (Å²) in [5, 5.41) is 14.9. The monoisotopic (exact) mass is 407 g/mol. The number of aromatic carboxylic acids is 1. The van der Waals surface area contributed by atoms with Gasteiger partial charge in [-0.3, -0.25) is 4.79 Å². The van der Waals surface area contributed by atoms with Crippen molar-refractivity contribution >= 4 is 17.6 Å². The van der Waals surface area contributed by atoms with Crippen molar-refractivity contribution in [3.05, 3.63) is 72.0 Å². The molecule has 0 aliphatic heterocycles. The maximum Gasteiger partial charge on any atom is 0.277 e. The van der Waals surface area contributed by atoms with Crippen LogP contribution in [0.25, 0.3) is 11.3 Å². The van der Waals surface area contributed by atoms with Crippen molar-refractivity contribution in [2.45, 2.75) is 6.92 Å². The van der Waals surface area contributed by atoms with E-state index in [4.69, 9.17) is 13.9 Å². The van der Waals surface area contributed by atoms with Gasteiger partial charge in [-0.05, 0) is 36.8 Å². The molecule has 0 saturated carbocycles. The van der Waals surface area contributed by atoms with Crippen molar-refractivity contribution in [1.82, 2.24) is 5.43 Å². The van der Waals surface area contributed by atoms with Gasteiger partial charge in [0, 0.05) is 5.56 Å². The third-order valence-corrected chi connectivity index (χ3v) is 4.17. The Bertz CT molecular complexity index is 1070. The average Bonchev–Trinajstić information content (AvgIpc) is 3.27. The van der Waals surface area contributed by atoms with Crippen LogP contribution in [-0.4, -0.2) is 31.3 Å². The molecule has 1 aromatic heterocycles. The molecular formula is C22H19N2O6-. The van der Waals surface area contributed by atoms with Crippen LogP contribution in [0.5, 0.6) is 11.5 Å². The van der Waals surface area contributed by atoms with Crippen LogP contribution in [0.4, 0.5) is 0 Å². The lowest BCUT2D eigenvalue weighted by molar-refractivity contribution is -0.257. The zero-order valence-corrected chi connectivity index (χ0v) is 16.4. The topological polar surface area (TPSA) is 113 Å².